The van der Waals surface area contributed by atoms with Crippen molar-refractivity contribution in [2.24, 2.45) is 5.41 Å². The van der Waals surface area contributed by atoms with Gasteiger partial charge in [-0.1, -0.05) is 6.92 Å². The molecule has 1 fully saturated rings. The molecule has 4 nitrogen and oxygen atoms in total. The molecule has 1 unspecified atom stereocenters. The lowest BCUT2D eigenvalue weighted by molar-refractivity contribution is -0.298. The predicted molar refractivity (Wildman–Crippen MR) is 50.5 cm³/mol. The monoisotopic (exact) mass is 202 g/mol. The van der Waals surface area contributed by atoms with Gasteiger partial charge in [-0.2, -0.15) is 4.89 Å². The smallest absolute Gasteiger partial charge is 0.347 e. The Kier molecular flexibility index (Phi) is 3.89. The number of carbonyl (C=O) groups is 1. The van der Waals surface area contributed by atoms with Crippen LogP contribution in [0, 0.1) is 5.41 Å². The van der Waals surface area contributed by atoms with Crippen molar-refractivity contribution in [3.63, 3.8) is 0 Å². The van der Waals surface area contributed by atoms with Crippen molar-refractivity contribution in [2.75, 3.05) is 13.2 Å². The first kappa shape index (κ1) is 11.5. The molecule has 4 heteroatoms. The maximum absolute atomic E-state index is 11.4. The van der Waals surface area contributed by atoms with Crippen molar-refractivity contribution < 1.29 is 19.3 Å². The largest absolute Gasteiger partial charge is 0.375 e. The van der Waals surface area contributed by atoms with E-state index in [4.69, 9.17) is 9.62 Å². The van der Waals surface area contributed by atoms with E-state index in [1.807, 2.05) is 20.8 Å². The SMILES string of the molecule is CCC(C)(C)C(=O)OOCC1CCO1. The lowest BCUT2D eigenvalue weighted by atomic mass is 9.91. The van der Waals surface area contributed by atoms with E-state index in [2.05, 4.69) is 4.89 Å². The van der Waals surface area contributed by atoms with Gasteiger partial charge in [-0.15, -0.1) is 0 Å². The van der Waals surface area contributed by atoms with Gasteiger partial charge >= 0.3 is 5.97 Å². The molecule has 14 heavy (non-hydrogen) atoms. The molecule has 1 aliphatic heterocycles. The minimum atomic E-state index is -0.472. The lowest BCUT2D eigenvalue weighted by Gasteiger charge is -2.26. The fourth-order valence-corrected chi connectivity index (χ4v) is 0.837. The third kappa shape index (κ3) is 2.96. The van der Waals surface area contributed by atoms with Crippen LogP contribution in [0.15, 0.2) is 0 Å². The topological polar surface area (TPSA) is 44.8 Å². The second-order valence-corrected chi connectivity index (χ2v) is 4.17. The van der Waals surface area contributed by atoms with E-state index < -0.39 is 5.41 Å². The molecule has 1 saturated heterocycles. The van der Waals surface area contributed by atoms with Crippen LogP contribution < -0.4 is 0 Å². The summed E-state index contributed by atoms with van der Waals surface area (Å²) in [4.78, 5) is 20.9. The van der Waals surface area contributed by atoms with Crippen LogP contribution in [-0.4, -0.2) is 25.3 Å². The van der Waals surface area contributed by atoms with Gasteiger partial charge in [-0.05, 0) is 26.7 Å². The van der Waals surface area contributed by atoms with Gasteiger partial charge in [0.25, 0.3) is 0 Å². The molecule has 1 atom stereocenters. The second kappa shape index (κ2) is 4.75. The highest BCUT2D eigenvalue weighted by Crippen LogP contribution is 2.21. The zero-order chi connectivity index (χ0) is 10.6. The van der Waals surface area contributed by atoms with Crippen LogP contribution in [0.2, 0.25) is 0 Å². The van der Waals surface area contributed by atoms with Crippen molar-refractivity contribution in [1.29, 1.82) is 0 Å². The van der Waals surface area contributed by atoms with Crippen LogP contribution >= 0.6 is 0 Å². The molecule has 1 heterocycles. The lowest BCUT2D eigenvalue weighted by Crippen LogP contribution is -2.33. The predicted octanol–water partition coefficient (Wildman–Crippen LogP) is 1.69. The highest BCUT2D eigenvalue weighted by molar-refractivity contribution is 5.75. The van der Waals surface area contributed by atoms with Gasteiger partial charge in [0.15, 0.2) is 0 Å². The first-order valence-electron chi connectivity index (χ1n) is 5.02. The van der Waals surface area contributed by atoms with Gasteiger partial charge in [0, 0.05) is 6.61 Å². The van der Waals surface area contributed by atoms with Crippen molar-refractivity contribution in [3.05, 3.63) is 0 Å². The second-order valence-electron chi connectivity index (χ2n) is 4.17. The molecule has 1 aliphatic rings. The first-order valence-corrected chi connectivity index (χ1v) is 5.02. The summed E-state index contributed by atoms with van der Waals surface area (Å²) < 4.78 is 5.11. The van der Waals surface area contributed by atoms with Gasteiger partial charge in [0.1, 0.15) is 6.61 Å². The molecule has 0 spiro atoms. The van der Waals surface area contributed by atoms with Crippen molar-refractivity contribution >= 4 is 5.97 Å². The van der Waals surface area contributed by atoms with Crippen LogP contribution in [0.1, 0.15) is 33.6 Å². The molecule has 0 radical (unpaired) electrons. The maximum atomic E-state index is 11.4. The summed E-state index contributed by atoms with van der Waals surface area (Å²) in [6.45, 7) is 6.72. The Morgan fingerprint density at radius 2 is 2.21 bits per heavy atom. The van der Waals surface area contributed by atoms with Crippen LogP contribution in [0.3, 0.4) is 0 Å². The molecule has 0 amide bonds. The molecule has 0 saturated carbocycles. The summed E-state index contributed by atoms with van der Waals surface area (Å²) in [5.41, 5.74) is -0.472. The standard InChI is InChI=1S/C10H18O4/c1-4-10(2,3)9(11)14-13-7-8-5-6-12-8/h8H,4-7H2,1-3H3. The summed E-state index contributed by atoms with van der Waals surface area (Å²) in [6.07, 6.45) is 1.82. The van der Waals surface area contributed by atoms with Gasteiger partial charge in [-0.3, -0.25) is 4.89 Å². The van der Waals surface area contributed by atoms with Gasteiger partial charge in [0.2, 0.25) is 0 Å². The Bertz CT molecular complexity index is 196. The van der Waals surface area contributed by atoms with Crippen LogP contribution in [0.4, 0.5) is 0 Å². The number of carbonyl (C=O) groups excluding carboxylic acids is 1. The fraction of sp³-hybridized carbons (Fsp3) is 0.900. The van der Waals surface area contributed by atoms with E-state index in [1.165, 1.54) is 0 Å². The average molecular weight is 202 g/mol. The van der Waals surface area contributed by atoms with Crippen LogP contribution in [-0.2, 0) is 19.3 Å². The number of hydrogen-bond donors (Lipinski definition) is 0. The maximum Gasteiger partial charge on any atom is 0.347 e. The van der Waals surface area contributed by atoms with E-state index in [1.54, 1.807) is 0 Å². The molecule has 0 aromatic heterocycles. The van der Waals surface area contributed by atoms with E-state index in [0.29, 0.717) is 6.61 Å². The Balaban J connectivity index is 2.13. The molecule has 0 aromatic carbocycles. The molecular weight excluding hydrogens is 184 g/mol. The Morgan fingerprint density at radius 3 is 2.64 bits per heavy atom. The molecule has 0 aliphatic carbocycles. The van der Waals surface area contributed by atoms with Crippen molar-refractivity contribution in [3.8, 4) is 0 Å². The highest BCUT2D eigenvalue weighted by Gasteiger charge is 2.29. The molecule has 0 bridgehead atoms. The molecule has 82 valence electrons. The minimum absolute atomic E-state index is 0.104. The minimum Gasteiger partial charge on any atom is -0.375 e. The Labute approximate surface area is 84.4 Å². The highest BCUT2D eigenvalue weighted by atomic mass is 17.2. The Morgan fingerprint density at radius 1 is 1.57 bits per heavy atom. The number of ether oxygens (including phenoxy) is 1. The zero-order valence-corrected chi connectivity index (χ0v) is 9.04. The first-order chi connectivity index (χ1) is 6.56. The summed E-state index contributed by atoms with van der Waals surface area (Å²) in [7, 11) is 0. The number of rotatable bonds is 5. The zero-order valence-electron chi connectivity index (χ0n) is 9.04. The molecule has 0 N–H and O–H groups in total. The van der Waals surface area contributed by atoms with E-state index in [0.717, 1.165) is 19.4 Å². The third-order valence-corrected chi connectivity index (χ3v) is 2.62. The van der Waals surface area contributed by atoms with Crippen LogP contribution in [0.5, 0.6) is 0 Å². The van der Waals surface area contributed by atoms with Crippen LogP contribution in [0.25, 0.3) is 0 Å². The van der Waals surface area contributed by atoms with Gasteiger partial charge in [0.05, 0.1) is 11.5 Å². The summed E-state index contributed by atoms with van der Waals surface area (Å²) >= 11 is 0. The summed E-state index contributed by atoms with van der Waals surface area (Å²) in [5.74, 6) is -0.320. The molecular formula is C10H18O4. The fourth-order valence-electron chi connectivity index (χ4n) is 0.837. The molecule has 0 aromatic rings. The summed E-state index contributed by atoms with van der Waals surface area (Å²) in [6, 6.07) is 0. The average Bonchev–Trinajstić information content (AvgIpc) is 2.08. The third-order valence-electron chi connectivity index (χ3n) is 2.62. The van der Waals surface area contributed by atoms with E-state index >= 15 is 0 Å². The van der Waals surface area contributed by atoms with Crippen molar-refractivity contribution in [1.82, 2.24) is 0 Å². The normalized spacial score (nSPS) is 21.5. The molecule has 1 rings (SSSR count). The summed E-state index contributed by atoms with van der Waals surface area (Å²) in [5, 5.41) is 0. The quantitative estimate of drug-likeness (QED) is 0.502. The van der Waals surface area contributed by atoms with Crippen molar-refractivity contribution in [2.45, 2.75) is 39.7 Å². The Hall–Kier alpha value is -0.610. The van der Waals surface area contributed by atoms with Gasteiger partial charge in [-0.25, -0.2) is 4.79 Å². The number of hydrogen-bond acceptors (Lipinski definition) is 4. The van der Waals surface area contributed by atoms with Gasteiger partial charge < -0.3 is 4.74 Å². The van der Waals surface area contributed by atoms with E-state index in [-0.39, 0.29) is 12.1 Å². The van der Waals surface area contributed by atoms with E-state index in [9.17, 15) is 4.79 Å².